The molecule has 0 aromatic rings. The molecule has 2 aliphatic rings. The van der Waals surface area contributed by atoms with Gasteiger partial charge in [-0.25, -0.2) is 4.79 Å². The lowest BCUT2D eigenvalue weighted by Crippen LogP contribution is -2.61. The Kier molecular flexibility index (Phi) is 3.92. The minimum absolute atomic E-state index is 0.103. The summed E-state index contributed by atoms with van der Waals surface area (Å²) in [5.41, 5.74) is 0.213. The van der Waals surface area contributed by atoms with Gasteiger partial charge in [0.05, 0.1) is 0 Å². The molecule has 0 saturated carbocycles. The molecule has 2 amide bonds. The Morgan fingerprint density at radius 3 is 2.71 bits per heavy atom. The standard InChI is InChI=1S/C13H25N3O/c1-11(2)15-12(17)16-9-5-7-13(10-16)6-3-4-8-14-13/h11,14H,3-10H2,1-2H3,(H,15,17)/t13-/m1/s1. The van der Waals surface area contributed by atoms with E-state index in [1.54, 1.807) is 0 Å². The molecule has 17 heavy (non-hydrogen) atoms. The Morgan fingerprint density at radius 1 is 1.29 bits per heavy atom. The van der Waals surface area contributed by atoms with Gasteiger partial charge in [-0.2, -0.15) is 0 Å². The normalized spacial score (nSPS) is 29.7. The highest BCUT2D eigenvalue weighted by Gasteiger charge is 2.37. The van der Waals surface area contributed by atoms with E-state index in [0.29, 0.717) is 0 Å². The largest absolute Gasteiger partial charge is 0.336 e. The van der Waals surface area contributed by atoms with Gasteiger partial charge in [-0.15, -0.1) is 0 Å². The Bertz CT molecular complexity index is 266. The fourth-order valence-electron chi connectivity index (χ4n) is 3.02. The molecule has 1 spiro atoms. The highest BCUT2D eigenvalue weighted by molar-refractivity contribution is 5.74. The smallest absolute Gasteiger partial charge is 0.317 e. The molecule has 0 aromatic heterocycles. The second kappa shape index (κ2) is 5.25. The molecule has 2 fully saturated rings. The molecule has 4 heteroatoms. The fraction of sp³-hybridized carbons (Fsp3) is 0.923. The van der Waals surface area contributed by atoms with E-state index >= 15 is 0 Å². The van der Waals surface area contributed by atoms with E-state index in [2.05, 4.69) is 10.6 Å². The number of piperidine rings is 2. The van der Waals surface area contributed by atoms with Crippen molar-refractivity contribution in [2.24, 2.45) is 0 Å². The lowest BCUT2D eigenvalue weighted by Gasteiger charge is -2.46. The Balaban J connectivity index is 1.94. The molecule has 2 heterocycles. The van der Waals surface area contributed by atoms with Crippen molar-refractivity contribution in [3.63, 3.8) is 0 Å². The first kappa shape index (κ1) is 12.7. The van der Waals surface area contributed by atoms with Crippen LogP contribution in [0.4, 0.5) is 4.79 Å². The van der Waals surface area contributed by atoms with E-state index in [9.17, 15) is 4.79 Å². The van der Waals surface area contributed by atoms with Gasteiger partial charge in [-0.1, -0.05) is 6.42 Å². The number of urea groups is 1. The highest BCUT2D eigenvalue weighted by atomic mass is 16.2. The number of hydrogen-bond donors (Lipinski definition) is 2. The molecule has 0 aromatic carbocycles. The molecule has 0 aliphatic carbocycles. The van der Waals surface area contributed by atoms with E-state index in [-0.39, 0.29) is 17.6 Å². The number of carbonyl (C=O) groups is 1. The van der Waals surface area contributed by atoms with E-state index in [1.165, 1.54) is 25.7 Å². The summed E-state index contributed by atoms with van der Waals surface area (Å²) in [7, 11) is 0. The van der Waals surface area contributed by atoms with Gasteiger partial charge >= 0.3 is 6.03 Å². The SMILES string of the molecule is CC(C)NC(=O)N1CCC[C@]2(CCCCN2)C1. The number of rotatable bonds is 1. The zero-order valence-corrected chi connectivity index (χ0v) is 11.1. The van der Waals surface area contributed by atoms with Crippen molar-refractivity contribution in [3.05, 3.63) is 0 Å². The second-order valence-electron chi connectivity index (χ2n) is 5.79. The minimum Gasteiger partial charge on any atom is -0.336 e. The van der Waals surface area contributed by atoms with Gasteiger partial charge < -0.3 is 15.5 Å². The van der Waals surface area contributed by atoms with Crippen LogP contribution in [0.5, 0.6) is 0 Å². The molecular weight excluding hydrogens is 214 g/mol. The van der Waals surface area contributed by atoms with Crippen LogP contribution < -0.4 is 10.6 Å². The third-order valence-corrected chi connectivity index (χ3v) is 3.86. The van der Waals surface area contributed by atoms with Crippen LogP contribution in [0.25, 0.3) is 0 Å². The van der Waals surface area contributed by atoms with Gasteiger partial charge in [0.25, 0.3) is 0 Å². The third kappa shape index (κ3) is 3.12. The average molecular weight is 239 g/mol. The highest BCUT2D eigenvalue weighted by Crippen LogP contribution is 2.29. The molecule has 98 valence electrons. The lowest BCUT2D eigenvalue weighted by molar-refractivity contribution is 0.111. The van der Waals surface area contributed by atoms with E-state index < -0.39 is 0 Å². The summed E-state index contributed by atoms with van der Waals surface area (Å²) in [5, 5.41) is 6.64. The molecule has 2 rings (SSSR count). The number of nitrogens with zero attached hydrogens (tertiary/aromatic N) is 1. The molecular formula is C13H25N3O. The quantitative estimate of drug-likeness (QED) is 0.731. The zero-order valence-electron chi connectivity index (χ0n) is 11.1. The second-order valence-corrected chi connectivity index (χ2v) is 5.79. The lowest BCUT2D eigenvalue weighted by atomic mass is 9.82. The van der Waals surface area contributed by atoms with Crippen molar-refractivity contribution >= 4 is 6.03 Å². The maximum Gasteiger partial charge on any atom is 0.317 e. The Morgan fingerprint density at radius 2 is 2.06 bits per heavy atom. The topological polar surface area (TPSA) is 44.4 Å². The molecule has 2 N–H and O–H groups in total. The molecule has 0 unspecified atom stereocenters. The summed E-state index contributed by atoms with van der Waals surface area (Å²) in [5.74, 6) is 0. The first-order valence-corrected chi connectivity index (χ1v) is 6.92. The van der Waals surface area contributed by atoms with Crippen molar-refractivity contribution in [1.29, 1.82) is 0 Å². The summed E-state index contributed by atoms with van der Waals surface area (Å²) in [6.07, 6.45) is 6.14. The number of nitrogens with one attached hydrogen (secondary N) is 2. The van der Waals surface area contributed by atoms with E-state index in [1.807, 2.05) is 18.7 Å². The van der Waals surface area contributed by atoms with Crippen molar-refractivity contribution in [3.8, 4) is 0 Å². The van der Waals surface area contributed by atoms with Gasteiger partial charge in [0.15, 0.2) is 0 Å². The van der Waals surface area contributed by atoms with Crippen LogP contribution in [0, 0.1) is 0 Å². The third-order valence-electron chi connectivity index (χ3n) is 3.86. The summed E-state index contributed by atoms with van der Waals surface area (Å²) < 4.78 is 0. The van der Waals surface area contributed by atoms with Crippen molar-refractivity contribution in [1.82, 2.24) is 15.5 Å². The maximum atomic E-state index is 12.0. The summed E-state index contributed by atoms with van der Waals surface area (Å²) >= 11 is 0. The van der Waals surface area contributed by atoms with Crippen LogP contribution in [0.1, 0.15) is 46.0 Å². The summed E-state index contributed by atoms with van der Waals surface area (Å²) in [4.78, 5) is 14.0. The van der Waals surface area contributed by atoms with Gasteiger partial charge in [0.2, 0.25) is 0 Å². The average Bonchev–Trinajstić information content (AvgIpc) is 2.29. The maximum absolute atomic E-state index is 12.0. The molecule has 2 aliphatic heterocycles. The van der Waals surface area contributed by atoms with Crippen LogP contribution in [0.3, 0.4) is 0 Å². The number of hydrogen-bond acceptors (Lipinski definition) is 2. The van der Waals surface area contributed by atoms with Crippen LogP contribution in [0.2, 0.25) is 0 Å². The van der Waals surface area contributed by atoms with E-state index in [0.717, 1.165) is 26.1 Å². The van der Waals surface area contributed by atoms with Gasteiger partial charge in [0.1, 0.15) is 0 Å². The monoisotopic (exact) mass is 239 g/mol. The van der Waals surface area contributed by atoms with Crippen molar-refractivity contribution in [2.75, 3.05) is 19.6 Å². The molecule has 0 bridgehead atoms. The van der Waals surface area contributed by atoms with Crippen LogP contribution in [-0.4, -0.2) is 42.1 Å². The number of carbonyl (C=O) groups excluding carboxylic acids is 1. The van der Waals surface area contributed by atoms with Gasteiger partial charge in [0, 0.05) is 24.7 Å². The number of amides is 2. The fourth-order valence-corrected chi connectivity index (χ4v) is 3.02. The van der Waals surface area contributed by atoms with E-state index in [4.69, 9.17) is 0 Å². The van der Waals surface area contributed by atoms with Crippen LogP contribution in [-0.2, 0) is 0 Å². The summed E-state index contributed by atoms with van der Waals surface area (Å²) in [6.45, 7) is 6.92. The minimum atomic E-state index is 0.103. The molecule has 4 nitrogen and oxygen atoms in total. The molecule has 2 saturated heterocycles. The van der Waals surface area contributed by atoms with Crippen LogP contribution >= 0.6 is 0 Å². The predicted octanol–water partition coefficient (Wildman–Crippen LogP) is 1.71. The number of likely N-dealkylation sites (tertiary alicyclic amines) is 1. The Labute approximate surface area is 104 Å². The summed E-state index contributed by atoms with van der Waals surface area (Å²) in [6, 6.07) is 0.325. The van der Waals surface area contributed by atoms with Crippen molar-refractivity contribution in [2.45, 2.75) is 57.5 Å². The van der Waals surface area contributed by atoms with Gasteiger partial charge in [-0.3, -0.25) is 0 Å². The van der Waals surface area contributed by atoms with Gasteiger partial charge in [-0.05, 0) is 46.1 Å². The molecule has 0 radical (unpaired) electrons. The van der Waals surface area contributed by atoms with Crippen molar-refractivity contribution < 1.29 is 4.79 Å². The predicted molar refractivity (Wildman–Crippen MR) is 69.1 cm³/mol. The zero-order chi connectivity index (χ0) is 12.3. The van der Waals surface area contributed by atoms with Crippen LogP contribution in [0.15, 0.2) is 0 Å². The first-order valence-electron chi connectivity index (χ1n) is 6.92. The Hall–Kier alpha value is -0.770. The molecule has 1 atom stereocenters. The first-order chi connectivity index (χ1) is 8.11.